The van der Waals surface area contributed by atoms with Crippen molar-refractivity contribution >= 4 is 11.6 Å². The summed E-state index contributed by atoms with van der Waals surface area (Å²) in [5.74, 6) is 0.292. The van der Waals surface area contributed by atoms with Gasteiger partial charge in [-0.3, -0.25) is 9.59 Å². The Bertz CT molecular complexity index is 851. The third kappa shape index (κ3) is 6.46. The first-order valence-corrected chi connectivity index (χ1v) is 12.9. The van der Waals surface area contributed by atoms with Crippen molar-refractivity contribution in [1.29, 1.82) is 0 Å². The van der Waals surface area contributed by atoms with Crippen molar-refractivity contribution in [2.75, 3.05) is 0 Å². The Hall–Kier alpha value is -1.70. The molecule has 2 saturated carbocycles. The van der Waals surface area contributed by atoms with Crippen LogP contribution >= 0.6 is 0 Å². The fourth-order valence-electron chi connectivity index (χ4n) is 6.09. The van der Waals surface area contributed by atoms with Crippen LogP contribution in [0.2, 0.25) is 0 Å². The van der Waals surface area contributed by atoms with E-state index in [0.717, 1.165) is 38.5 Å². The van der Waals surface area contributed by atoms with Crippen molar-refractivity contribution in [3.05, 3.63) is 46.6 Å². The Kier molecular flexibility index (Phi) is 9.31. The number of carbonyl (C=O) groups excluding carboxylic acids is 2. The van der Waals surface area contributed by atoms with Gasteiger partial charge in [-0.15, -0.1) is 0 Å². The van der Waals surface area contributed by atoms with Crippen LogP contribution in [0, 0.1) is 28.6 Å². The second-order valence-electron chi connectivity index (χ2n) is 12.1. The summed E-state index contributed by atoms with van der Waals surface area (Å²) >= 11 is 0. The molecule has 184 valence electrons. The van der Waals surface area contributed by atoms with Crippen LogP contribution in [0.5, 0.6) is 0 Å². The van der Waals surface area contributed by atoms with E-state index in [9.17, 15) is 9.59 Å². The molecule has 2 fully saturated rings. The summed E-state index contributed by atoms with van der Waals surface area (Å²) in [7, 11) is 0. The smallest absolute Gasteiger partial charge is 0.150 e. The minimum absolute atomic E-state index is 0.0413. The summed E-state index contributed by atoms with van der Waals surface area (Å²) in [6, 6.07) is 0. The molecule has 2 aliphatic carbocycles. The van der Waals surface area contributed by atoms with Crippen molar-refractivity contribution < 1.29 is 9.59 Å². The molecule has 0 amide bonds. The average Bonchev–Trinajstić information content (AvgIpc) is 2.69. The lowest BCUT2D eigenvalue weighted by Gasteiger charge is -2.57. The third-order valence-electron chi connectivity index (χ3n) is 8.10. The normalized spacial score (nSPS) is 31.0. The molecule has 2 bridgehead atoms. The molecule has 0 aromatic rings. The van der Waals surface area contributed by atoms with Gasteiger partial charge in [-0.2, -0.15) is 0 Å². The van der Waals surface area contributed by atoms with Crippen LogP contribution in [-0.2, 0) is 9.59 Å². The molecule has 0 saturated heterocycles. The fraction of sp³-hybridized carbons (Fsp3) is 0.677. The number of ketones is 2. The van der Waals surface area contributed by atoms with E-state index in [0.29, 0.717) is 12.3 Å². The Morgan fingerprint density at radius 3 is 1.88 bits per heavy atom. The molecular weight excluding hydrogens is 404 g/mol. The highest BCUT2D eigenvalue weighted by molar-refractivity contribution is 6.09. The number of hydrogen-bond acceptors (Lipinski definition) is 2. The predicted molar refractivity (Wildman–Crippen MR) is 141 cm³/mol. The number of Topliss-reactive ketones (excluding diaryl/α,β-unsaturated/α-hetero) is 2. The van der Waals surface area contributed by atoms with Crippen LogP contribution < -0.4 is 0 Å². The number of rotatable bonds is 9. The lowest BCUT2D eigenvalue weighted by Crippen LogP contribution is -2.61. The lowest BCUT2D eigenvalue weighted by molar-refractivity contribution is -0.167. The van der Waals surface area contributed by atoms with Gasteiger partial charge in [0.1, 0.15) is 11.6 Å². The summed E-state index contributed by atoms with van der Waals surface area (Å²) < 4.78 is 0. The minimum Gasteiger partial charge on any atom is -0.299 e. The number of carbonyl (C=O) groups is 2. The summed E-state index contributed by atoms with van der Waals surface area (Å²) in [4.78, 5) is 28.1. The maximum absolute atomic E-state index is 14.1. The summed E-state index contributed by atoms with van der Waals surface area (Å²) in [6.45, 7) is 19.2. The Balaban J connectivity index is 2.59. The van der Waals surface area contributed by atoms with Gasteiger partial charge in [-0.1, -0.05) is 53.5 Å². The molecular formula is C31H48O2. The SMILES string of the molecule is CC(C)=CCC[C@]1(C)[C@@H](CC=C(C)C)C[C@]2(CC=C(C)C)CC(CC=C(C)C)C(=O)[C@H]1C2=O. The Morgan fingerprint density at radius 1 is 0.788 bits per heavy atom. The molecule has 2 heteroatoms. The van der Waals surface area contributed by atoms with Crippen molar-refractivity contribution in [3.8, 4) is 0 Å². The monoisotopic (exact) mass is 452 g/mol. The Morgan fingerprint density at radius 2 is 1.33 bits per heavy atom. The highest BCUT2D eigenvalue weighted by Gasteiger charge is 2.63. The van der Waals surface area contributed by atoms with Gasteiger partial charge in [-0.25, -0.2) is 0 Å². The molecule has 2 nitrogen and oxygen atoms in total. The van der Waals surface area contributed by atoms with Gasteiger partial charge in [0, 0.05) is 11.3 Å². The standard InChI is InChI=1S/C31H48O2/c1-21(2)11-10-17-30(9)26(15-13-23(5)6)20-31(18-16-24(7)8)19-25(14-12-22(3)4)28(32)27(30)29(31)33/h11-13,16,25-27H,10,14-15,17-20H2,1-9H3/t25?,26-,27-,30+,31-/m0/s1. The van der Waals surface area contributed by atoms with E-state index in [1.165, 1.54) is 22.3 Å². The molecule has 0 heterocycles. The summed E-state index contributed by atoms with van der Waals surface area (Å²) in [5, 5.41) is 0. The van der Waals surface area contributed by atoms with Crippen molar-refractivity contribution in [2.24, 2.45) is 28.6 Å². The first-order valence-electron chi connectivity index (χ1n) is 12.9. The zero-order chi connectivity index (χ0) is 25.0. The summed E-state index contributed by atoms with van der Waals surface area (Å²) in [5.41, 5.74) is 4.43. The molecule has 0 aliphatic heterocycles. The van der Waals surface area contributed by atoms with E-state index in [1.807, 2.05) is 0 Å². The highest BCUT2D eigenvalue weighted by atomic mass is 16.2. The molecule has 0 radical (unpaired) electrons. The first kappa shape index (κ1) is 27.5. The maximum atomic E-state index is 14.1. The lowest BCUT2D eigenvalue weighted by atomic mass is 9.44. The molecule has 1 unspecified atom stereocenters. The van der Waals surface area contributed by atoms with E-state index in [2.05, 4.69) is 86.6 Å². The van der Waals surface area contributed by atoms with Crippen LogP contribution in [0.3, 0.4) is 0 Å². The van der Waals surface area contributed by atoms with Crippen LogP contribution in [-0.4, -0.2) is 11.6 Å². The van der Waals surface area contributed by atoms with Gasteiger partial charge in [0.25, 0.3) is 0 Å². The second kappa shape index (κ2) is 11.2. The van der Waals surface area contributed by atoms with Crippen LogP contribution in [0.1, 0.15) is 107 Å². The van der Waals surface area contributed by atoms with E-state index >= 15 is 0 Å². The molecule has 2 rings (SSSR count). The zero-order valence-corrected chi connectivity index (χ0v) is 22.8. The van der Waals surface area contributed by atoms with Crippen molar-refractivity contribution in [1.82, 2.24) is 0 Å². The molecule has 0 spiro atoms. The molecule has 0 aromatic heterocycles. The summed E-state index contributed by atoms with van der Waals surface area (Å²) in [6.07, 6.45) is 15.0. The predicted octanol–water partition coefficient (Wildman–Crippen LogP) is 8.59. The van der Waals surface area contributed by atoms with Crippen LogP contribution in [0.25, 0.3) is 0 Å². The van der Waals surface area contributed by atoms with E-state index in [-0.39, 0.29) is 22.9 Å². The molecule has 0 N–H and O–H groups in total. The average molecular weight is 453 g/mol. The highest BCUT2D eigenvalue weighted by Crippen LogP contribution is 2.61. The fourth-order valence-corrected chi connectivity index (χ4v) is 6.09. The van der Waals surface area contributed by atoms with E-state index in [1.54, 1.807) is 0 Å². The van der Waals surface area contributed by atoms with E-state index < -0.39 is 11.3 Å². The first-order chi connectivity index (χ1) is 15.3. The van der Waals surface area contributed by atoms with Gasteiger partial charge < -0.3 is 0 Å². The third-order valence-corrected chi connectivity index (χ3v) is 8.10. The molecule has 2 aliphatic rings. The van der Waals surface area contributed by atoms with Gasteiger partial charge in [0.15, 0.2) is 0 Å². The largest absolute Gasteiger partial charge is 0.299 e. The number of hydrogen-bond donors (Lipinski definition) is 0. The quantitative estimate of drug-likeness (QED) is 0.259. The van der Waals surface area contributed by atoms with E-state index in [4.69, 9.17) is 0 Å². The number of fused-ring (bicyclic) bond motifs is 2. The van der Waals surface area contributed by atoms with Gasteiger partial charge in [0.05, 0.1) is 5.92 Å². The Labute approximate surface area is 203 Å². The van der Waals surface area contributed by atoms with Gasteiger partial charge >= 0.3 is 0 Å². The molecule has 33 heavy (non-hydrogen) atoms. The van der Waals surface area contributed by atoms with Crippen LogP contribution in [0.4, 0.5) is 0 Å². The topological polar surface area (TPSA) is 34.1 Å². The number of allylic oxidation sites excluding steroid dienone is 8. The minimum atomic E-state index is -0.470. The maximum Gasteiger partial charge on any atom is 0.150 e. The van der Waals surface area contributed by atoms with Crippen LogP contribution in [0.15, 0.2) is 46.6 Å². The second-order valence-corrected chi connectivity index (χ2v) is 12.1. The molecule has 0 aromatic carbocycles. The zero-order valence-electron chi connectivity index (χ0n) is 22.8. The molecule has 5 atom stereocenters. The van der Waals surface area contributed by atoms with Crippen molar-refractivity contribution in [2.45, 2.75) is 107 Å². The van der Waals surface area contributed by atoms with Gasteiger partial charge in [-0.05, 0) is 112 Å². The van der Waals surface area contributed by atoms with Gasteiger partial charge in [0.2, 0.25) is 0 Å². The van der Waals surface area contributed by atoms with Crippen molar-refractivity contribution in [3.63, 3.8) is 0 Å².